The molecule has 2 heterocycles. The first-order chi connectivity index (χ1) is 11.9. The molecule has 136 valence electrons. The summed E-state index contributed by atoms with van der Waals surface area (Å²) in [4.78, 5) is 4.84. The van der Waals surface area contributed by atoms with Gasteiger partial charge in [0.15, 0.2) is 0 Å². The van der Waals surface area contributed by atoms with Crippen LogP contribution in [0.5, 0.6) is 5.75 Å². The number of piperazine rings is 1. The molecule has 1 saturated heterocycles. The van der Waals surface area contributed by atoms with Crippen molar-refractivity contribution in [2.75, 3.05) is 46.4 Å². The van der Waals surface area contributed by atoms with E-state index >= 15 is 0 Å². The minimum Gasteiger partial charge on any atom is -0.492 e. The number of hydrogen-bond acceptors (Lipinski definition) is 4. The lowest BCUT2D eigenvalue weighted by atomic mass is 9.93. The van der Waals surface area contributed by atoms with Crippen molar-refractivity contribution in [1.29, 1.82) is 0 Å². The second-order valence-corrected chi connectivity index (χ2v) is 7.89. The van der Waals surface area contributed by atoms with Gasteiger partial charge in [0.25, 0.3) is 0 Å². The molecule has 1 aliphatic rings. The molecule has 0 N–H and O–H groups in total. The Balaban J connectivity index is 1.57. The molecule has 1 fully saturated rings. The van der Waals surface area contributed by atoms with Crippen LogP contribution in [0.3, 0.4) is 0 Å². The van der Waals surface area contributed by atoms with E-state index < -0.39 is 0 Å². The standard InChI is InChI=1S/C20H30N4O/c1-20(2,3)19-8-9-24(21-19)17-6-5-7-18(16-17)25-15-14-23-12-10-22(4)11-13-23/h5-9,16H,10-15H2,1-4H3. The summed E-state index contributed by atoms with van der Waals surface area (Å²) in [6.45, 7) is 12.8. The topological polar surface area (TPSA) is 33.5 Å². The smallest absolute Gasteiger partial charge is 0.121 e. The van der Waals surface area contributed by atoms with Gasteiger partial charge in [-0.3, -0.25) is 4.90 Å². The quantitative estimate of drug-likeness (QED) is 0.837. The molecule has 0 atom stereocenters. The van der Waals surface area contributed by atoms with Crippen molar-refractivity contribution in [1.82, 2.24) is 19.6 Å². The molecule has 0 spiro atoms. The van der Waals surface area contributed by atoms with Crippen LogP contribution in [-0.4, -0.2) is 66.0 Å². The van der Waals surface area contributed by atoms with Crippen molar-refractivity contribution in [3.8, 4) is 11.4 Å². The van der Waals surface area contributed by atoms with E-state index in [-0.39, 0.29) is 5.41 Å². The zero-order valence-corrected chi connectivity index (χ0v) is 15.9. The third-order valence-corrected chi connectivity index (χ3v) is 4.71. The largest absolute Gasteiger partial charge is 0.492 e. The first kappa shape index (κ1) is 18.0. The third-order valence-electron chi connectivity index (χ3n) is 4.71. The van der Waals surface area contributed by atoms with E-state index in [1.165, 1.54) is 0 Å². The van der Waals surface area contributed by atoms with Crippen molar-refractivity contribution < 1.29 is 4.74 Å². The van der Waals surface area contributed by atoms with Crippen LogP contribution in [0, 0.1) is 0 Å². The Hall–Kier alpha value is -1.85. The van der Waals surface area contributed by atoms with Gasteiger partial charge in [-0.05, 0) is 25.2 Å². The summed E-state index contributed by atoms with van der Waals surface area (Å²) >= 11 is 0. The van der Waals surface area contributed by atoms with Gasteiger partial charge in [0, 0.05) is 50.4 Å². The number of ether oxygens (including phenoxy) is 1. The van der Waals surface area contributed by atoms with Gasteiger partial charge in [-0.2, -0.15) is 5.10 Å². The van der Waals surface area contributed by atoms with Gasteiger partial charge in [0.2, 0.25) is 0 Å². The van der Waals surface area contributed by atoms with E-state index in [1.807, 2.05) is 23.0 Å². The fraction of sp³-hybridized carbons (Fsp3) is 0.550. The molecular weight excluding hydrogens is 312 g/mol. The van der Waals surface area contributed by atoms with Gasteiger partial charge in [0.1, 0.15) is 12.4 Å². The highest BCUT2D eigenvalue weighted by molar-refractivity contribution is 5.39. The highest BCUT2D eigenvalue weighted by atomic mass is 16.5. The minimum absolute atomic E-state index is 0.0574. The molecule has 0 amide bonds. The zero-order chi connectivity index (χ0) is 17.9. The molecule has 5 heteroatoms. The van der Waals surface area contributed by atoms with Gasteiger partial charge in [0.05, 0.1) is 11.4 Å². The monoisotopic (exact) mass is 342 g/mol. The van der Waals surface area contributed by atoms with Crippen LogP contribution in [-0.2, 0) is 5.41 Å². The molecule has 0 unspecified atom stereocenters. The number of benzene rings is 1. The van der Waals surface area contributed by atoms with E-state index in [2.05, 4.69) is 55.8 Å². The fourth-order valence-corrected chi connectivity index (χ4v) is 2.95. The lowest BCUT2D eigenvalue weighted by molar-refractivity contribution is 0.134. The highest BCUT2D eigenvalue weighted by Crippen LogP contribution is 2.22. The summed E-state index contributed by atoms with van der Waals surface area (Å²) in [7, 11) is 2.18. The van der Waals surface area contributed by atoms with Gasteiger partial charge in [-0.15, -0.1) is 0 Å². The fourth-order valence-electron chi connectivity index (χ4n) is 2.95. The van der Waals surface area contributed by atoms with Crippen LogP contribution < -0.4 is 4.74 Å². The molecule has 1 aromatic carbocycles. The first-order valence-electron chi connectivity index (χ1n) is 9.12. The molecule has 5 nitrogen and oxygen atoms in total. The average Bonchev–Trinajstić information content (AvgIpc) is 3.07. The van der Waals surface area contributed by atoms with Gasteiger partial charge < -0.3 is 9.64 Å². The van der Waals surface area contributed by atoms with Crippen molar-refractivity contribution in [2.45, 2.75) is 26.2 Å². The predicted octanol–water partition coefficient (Wildman–Crippen LogP) is 2.80. The Morgan fingerprint density at radius 2 is 1.84 bits per heavy atom. The van der Waals surface area contributed by atoms with E-state index in [4.69, 9.17) is 9.84 Å². The van der Waals surface area contributed by atoms with Crippen molar-refractivity contribution in [3.63, 3.8) is 0 Å². The molecule has 1 aliphatic heterocycles. The molecule has 0 bridgehead atoms. The summed E-state index contributed by atoms with van der Waals surface area (Å²) in [5.74, 6) is 0.902. The second kappa shape index (κ2) is 7.58. The molecular formula is C20H30N4O. The normalized spacial score (nSPS) is 17.0. The maximum absolute atomic E-state index is 5.98. The predicted molar refractivity (Wildman–Crippen MR) is 102 cm³/mol. The van der Waals surface area contributed by atoms with Crippen LogP contribution in [0.4, 0.5) is 0 Å². The number of nitrogens with zero attached hydrogens (tertiary/aromatic N) is 4. The lowest BCUT2D eigenvalue weighted by Crippen LogP contribution is -2.45. The third kappa shape index (κ3) is 4.83. The lowest BCUT2D eigenvalue weighted by Gasteiger charge is -2.32. The summed E-state index contributed by atoms with van der Waals surface area (Å²) in [6.07, 6.45) is 2.02. The summed E-state index contributed by atoms with van der Waals surface area (Å²) in [5, 5.41) is 4.70. The summed E-state index contributed by atoms with van der Waals surface area (Å²) < 4.78 is 7.90. The van der Waals surface area contributed by atoms with Crippen LogP contribution in [0.1, 0.15) is 26.5 Å². The van der Waals surface area contributed by atoms with Gasteiger partial charge >= 0.3 is 0 Å². The molecule has 0 aliphatic carbocycles. The van der Waals surface area contributed by atoms with Crippen LogP contribution in [0.2, 0.25) is 0 Å². The number of likely N-dealkylation sites (N-methyl/N-ethyl adjacent to an activating group) is 1. The van der Waals surface area contributed by atoms with Gasteiger partial charge in [-0.1, -0.05) is 26.8 Å². The Morgan fingerprint density at radius 1 is 1.08 bits per heavy atom. The van der Waals surface area contributed by atoms with E-state index in [0.29, 0.717) is 0 Å². The van der Waals surface area contributed by atoms with Crippen molar-refractivity contribution in [2.24, 2.45) is 0 Å². The van der Waals surface area contributed by atoms with E-state index in [9.17, 15) is 0 Å². The van der Waals surface area contributed by atoms with Crippen LogP contribution in [0.15, 0.2) is 36.5 Å². The molecule has 0 saturated carbocycles. The zero-order valence-electron chi connectivity index (χ0n) is 15.9. The average molecular weight is 342 g/mol. The molecule has 3 rings (SSSR count). The SMILES string of the molecule is CN1CCN(CCOc2cccc(-n3ccc(C(C)(C)C)n3)c2)CC1. The van der Waals surface area contributed by atoms with Crippen LogP contribution in [0.25, 0.3) is 5.69 Å². The minimum atomic E-state index is 0.0574. The van der Waals surface area contributed by atoms with Crippen LogP contribution >= 0.6 is 0 Å². The second-order valence-electron chi connectivity index (χ2n) is 7.89. The molecule has 0 radical (unpaired) electrons. The highest BCUT2D eigenvalue weighted by Gasteiger charge is 2.17. The summed E-state index contributed by atoms with van der Waals surface area (Å²) in [6, 6.07) is 10.2. The number of rotatable bonds is 5. The Bertz CT molecular complexity index is 681. The van der Waals surface area contributed by atoms with Gasteiger partial charge in [-0.25, -0.2) is 4.68 Å². The van der Waals surface area contributed by atoms with Crippen molar-refractivity contribution in [3.05, 3.63) is 42.2 Å². The maximum Gasteiger partial charge on any atom is 0.121 e. The Labute approximate surface area is 151 Å². The van der Waals surface area contributed by atoms with E-state index in [1.54, 1.807) is 0 Å². The molecule has 2 aromatic rings. The van der Waals surface area contributed by atoms with E-state index in [0.717, 1.165) is 56.5 Å². The van der Waals surface area contributed by atoms with Crippen molar-refractivity contribution >= 4 is 0 Å². The molecule has 1 aromatic heterocycles. The number of hydrogen-bond donors (Lipinski definition) is 0. The Kier molecular flexibility index (Phi) is 5.45. The maximum atomic E-state index is 5.98. The first-order valence-corrected chi connectivity index (χ1v) is 9.12. The Morgan fingerprint density at radius 3 is 2.52 bits per heavy atom. The number of aromatic nitrogens is 2. The molecule has 25 heavy (non-hydrogen) atoms. The summed E-state index contributed by atoms with van der Waals surface area (Å²) in [5.41, 5.74) is 2.18.